The Morgan fingerprint density at radius 1 is 1.35 bits per heavy atom. The van der Waals surface area contributed by atoms with Gasteiger partial charge in [-0.25, -0.2) is 0 Å². The number of nitrogens with zero attached hydrogens (tertiary/aromatic N) is 1. The Morgan fingerprint density at radius 2 is 2.15 bits per heavy atom. The Kier molecular flexibility index (Phi) is 3.89. The van der Waals surface area contributed by atoms with Crippen LogP contribution in [0.5, 0.6) is 0 Å². The van der Waals surface area contributed by atoms with Crippen LogP contribution in [0.2, 0.25) is 0 Å². The first-order valence-corrected chi connectivity index (χ1v) is 8.01. The zero-order chi connectivity index (χ0) is 14.3. The van der Waals surface area contributed by atoms with Crippen molar-refractivity contribution < 1.29 is 4.42 Å². The number of hydrogen-bond acceptors (Lipinski definition) is 3. The number of rotatable bonds is 2. The van der Waals surface area contributed by atoms with E-state index in [9.17, 15) is 0 Å². The molecular formula is C16H21BrN2O. The summed E-state index contributed by atoms with van der Waals surface area (Å²) in [4.78, 5) is 2.44. The SMILES string of the molecule is CC1CC(N)CN(C(C)c2cc3cc(Br)ccc3o2)C1. The number of halogens is 1. The van der Waals surface area contributed by atoms with Gasteiger partial charge < -0.3 is 10.2 Å². The van der Waals surface area contributed by atoms with E-state index >= 15 is 0 Å². The number of fused-ring (bicyclic) bond motifs is 1. The highest BCUT2D eigenvalue weighted by atomic mass is 79.9. The van der Waals surface area contributed by atoms with Crippen molar-refractivity contribution in [1.29, 1.82) is 0 Å². The monoisotopic (exact) mass is 336 g/mol. The Labute approximate surface area is 128 Å². The summed E-state index contributed by atoms with van der Waals surface area (Å²) in [5, 5.41) is 1.15. The van der Waals surface area contributed by atoms with Crippen molar-refractivity contribution in [3.05, 3.63) is 34.5 Å². The molecule has 1 saturated heterocycles. The third-order valence-corrected chi connectivity index (χ3v) is 4.67. The molecular weight excluding hydrogens is 316 g/mol. The van der Waals surface area contributed by atoms with Gasteiger partial charge in [-0.1, -0.05) is 22.9 Å². The first-order chi connectivity index (χ1) is 9.52. The van der Waals surface area contributed by atoms with Crippen molar-refractivity contribution in [1.82, 2.24) is 4.90 Å². The number of likely N-dealkylation sites (tertiary alicyclic amines) is 1. The van der Waals surface area contributed by atoms with Crippen LogP contribution in [-0.4, -0.2) is 24.0 Å². The van der Waals surface area contributed by atoms with Gasteiger partial charge in [-0.2, -0.15) is 0 Å². The first kappa shape index (κ1) is 14.1. The van der Waals surface area contributed by atoms with Crippen LogP contribution in [0.1, 0.15) is 32.1 Å². The maximum atomic E-state index is 6.15. The number of nitrogens with two attached hydrogens (primary N) is 1. The molecule has 1 aliphatic heterocycles. The van der Waals surface area contributed by atoms with Crippen molar-refractivity contribution >= 4 is 26.9 Å². The maximum absolute atomic E-state index is 6.15. The second kappa shape index (κ2) is 5.51. The van der Waals surface area contributed by atoms with Crippen LogP contribution in [0.15, 0.2) is 33.2 Å². The first-order valence-electron chi connectivity index (χ1n) is 7.21. The summed E-state index contributed by atoms with van der Waals surface area (Å²) in [5.41, 5.74) is 7.10. The fourth-order valence-corrected chi connectivity index (χ4v) is 3.56. The zero-order valence-corrected chi connectivity index (χ0v) is 13.6. The molecule has 2 N–H and O–H groups in total. The molecule has 0 aliphatic carbocycles. The Hall–Kier alpha value is -0.840. The quantitative estimate of drug-likeness (QED) is 0.903. The van der Waals surface area contributed by atoms with Gasteiger partial charge in [0, 0.05) is 29.0 Å². The fourth-order valence-electron chi connectivity index (χ4n) is 3.18. The van der Waals surface area contributed by atoms with Crippen LogP contribution in [0.25, 0.3) is 11.0 Å². The normalized spacial score (nSPS) is 26.0. The molecule has 0 bridgehead atoms. The standard InChI is InChI=1S/C16H21BrN2O/c1-10-5-14(18)9-19(8-10)11(2)16-7-12-6-13(17)3-4-15(12)20-16/h3-4,6-7,10-11,14H,5,8-9,18H2,1-2H3. The van der Waals surface area contributed by atoms with Gasteiger partial charge in [-0.15, -0.1) is 0 Å². The maximum Gasteiger partial charge on any atom is 0.134 e. The average Bonchev–Trinajstić information content (AvgIpc) is 2.79. The number of benzene rings is 1. The second-order valence-corrected chi connectivity index (χ2v) is 6.98. The van der Waals surface area contributed by atoms with Gasteiger partial charge in [-0.05, 0) is 43.5 Å². The van der Waals surface area contributed by atoms with E-state index < -0.39 is 0 Å². The summed E-state index contributed by atoms with van der Waals surface area (Å²) in [5.74, 6) is 1.68. The molecule has 0 radical (unpaired) electrons. The molecule has 3 rings (SSSR count). The van der Waals surface area contributed by atoms with Gasteiger partial charge >= 0.3 is 0 Å². The predicted octanol–water partition coefficient (Wildman–Crippen LogP) is 3.93. The van der Waals surface area contributed by atoms with Crippen molar-refractivity contribution in [2.45, 2.75) is 32.4 Å². The molecule has 2 aromatic rings. The molecule has 108 valence electrons. The van der Waals surface area contributed by atoms with E-state index in [1.54, 1.807) is 0 Å². The van der Waals surface area contributed by atoms with Gasteiger partial charge in [0.25, 0.3) is 0 Å². The highest BCUT2D eigenvalue weighted by molar-refractivity contribution is 9.10. The van der Waals surface area contributed by atoms with E-state index in [1.165, 1.54) is 0 Å². The molecule has 3 atom stereocenters. The van der Waals surface area contributed by atoms with Crippen molar-refractivity contribution in [3.8, 4) is 0 Å². The molecule has 1 fully saturated rings. The molecule has 3 unspecified atom stereocenters. The van der Waals surface area contributed by atoms with Crippen LogP contribution in [0.4, 0.5) is 0 Å². The molecule has 0 saturated carbocycles. The van der Waals surface area contributed by atoms with Gasteiger partial charge in [0.1, 0.15) is 11.3 Å². The van der Waals surface area contributed by atoms with Gasteiger partial charge in [0.15, 0.2) is 0 Å². The molecule has 1 aromatic heterocycles. The Bertz CT molecular complexity index is 600. The minimum Gasteiger partial charge on any atom is -0.459 e. The smallest absolute Gasteiger partial charge is 0.134 e. The van der Waals surface area contributed by atoms with E-state index in [-0.39, 0.29) is 12.1 Å². The van der Waals surface area contributed by atoms with E-state index in [0.717, 1.165) is 40.7 Å². The number of hydrogen-bond donors (Lipinski definition) is 1. The highest BCUT2D eigenvalue weighted by Gasteiger charge is 2.27. The summed E-state index contributed by atoms with van der Waals surface area (Å²) in [6.45, 7) is 6.52. The van der Waals surface area contributed by atoms with Gasteiger partial charge in [0.2, 0.25) is 0 Å². The molecule has 2 heterocycles. The van der Waals surface area contributed by atoms with Gasteiger partial charge in [-0.3, -0.25) is 4.90 Å². The third kappa shape index (κ3) is 2.78. The predicted molar refractivity (Wildman–Crippen MR) is 85.7 cm³/mol. The lowest BCUT2D eigenvalue weighted by molar-refractivity contribution is 0.113. The minimum absolute atomic E-state index is 0.273. The topological polar surface area (TPSA) is 42.4 Å². The summed E-state index contributed by atoms with van der Waals surface area (Å²) in [7, 11) is 0. The summed E-state index contributed by atoms with van der Waals surface area (Å²) in [6.07, 6.45) is 1.12. The third-order valence-electron chi connectivity index (χ3n) is 4.18. The highest BCUT2D eigenvalue weighted by Crippen LogP contribution is 2.31. The number of furan rings is 1. The Balaban J connectivity index is 1.86. The van der Waals surface area contributed by atoms with E-state index in [0.29, 0.717) is 5.92 Å². The summed E-state index contributed by atoms with van der Waals surface area (Å²) >= 11 is 3.50. The second-order valence-electron chi connectivity index (χ2n) is 6.06. The van der Waals surface area contributed by atoms with Gasteiger partial charge in [0.05, 0.1) is 6.04 Å². The Morgan fingerprint density at radius 3 is 2.90 bits per heavy atom. The van der Waals surface area contributed by atoms with E-state index in [4.69, 9.17) is 10.2 Å². The molecule has 1 aliphatic rings. The van der Waals surface area contributed by atoms with Crippen molar-refractivity contribution in [2.24, 2.45) is 11.7 Å². The molecule has 1 aromatic carbocycles. The fraction of sp³-hybridized carbons (Fsp3) is 0.500. The summed E-state index contributed by atoms with van der Waals surface area (Å²) < 4.78 is 7.09. The van der Waals surface area contributed by atoms with E-state index in [2.05, 4.69) is 46.8 Å². The molecule has 4 heteroatoms. The molecule has 0 amide bonds. The van der Waals surface area contributed by atoms with Crippen LogP contribution in [0.3, 0.4) is 0 Å². The van der Waals surface area contributed by atoms with Crippen LogP contribution in [0, 0.1) is 5.92 Å². The summed E-state index contributed by atoms with van der Waals surface area (Å²) in [6, 6.07) is 8.82. The lowest BCUT2D eigenvalue weighted by atomic mass is 9.95. The average molecular weight is 337 g/mol. The van der Waals surface area contributed by atoms with E-state index in [1.807, 2.05) is 12.1 Å². The van der Waals surface area contributed by atoms with Crippen molar-refractivity contribution in [2.75, 3.05) is 13.1 Å². The molecule has 0 spiro atoms. The van der Waals surface area contributed by atoms with Crippen molar-refractivity contribution in [3.63, 3.8) is 0 Å². The minimum atomic E-state index is 0.273. The van der Waals surface area contributed by atoms with Crippen LogP contribution >= 0.6 is 15.9 Å². The molecule has 20 heavy (non-hydrogen) atoms. The number of piperidine rings is 1. The molecule has 3 nitrogen and oxygen atoms in total. The van der Waals surface area contributed by atoms with Crippen LogP contribution < -0.4 is 5.73 Å². The lowest BCUT2D eigenvalue weighted by Crippen LogP contribution is -2.47. The largest absolute Gasteiger partial charge is 0.459 e. The zero-order valence-electron chi connectivity index (χ0n) is 12.0. The van der Waals surface area contributed by atoms with Crippen LogP contribution in [-0.2, 0) is 0 Å². The lowest BCUT2D eigenvalue weighted by Gasteiger charge is -2.37.